The fourth-order valence-corrected chi connectivity index (χ4v) is 5.25. The van der Waals surface area contributed by atoms with Gasteiger partial charge in [-0.2, -0.15) is 4.98 Å². The molecule has 3 aromatic rings. The summed E-state index contributed by atoms with van der Waals surface area (Å²) in [6.45, 7) is 4.72. The number of hydrogen-bond donors (Lipinski definition) is 1. The van der Waals surface area contributed by atoms with Crippen molar-refractivity contribution in [2.24, 2.45) is 0 Å². The first-order chi connectivity index (χ1) is 13.4. The minimum atomic E-state index is -3.72. The maximum atomic E-state index is 12.7. The molecule has 1 aromatic carbocycles. The van der Waals surface area contributed by atoms with E-state index in [0.717, 1.165) is 27.0 Å². The smallest absolute Gasteiger partial charge is 0.261 e. The third-order valence-corrected chi connectivity index (χ3v) is 6.55. The van der Waals surface area contributed by atoms with Gasteiger partial charge in [-0.3, -0.25) is 4.72 Å². The fraction of sp³-hybridized carbons (Fsp3) is 0.263. The Morgan fingerprint density at radius 1 is 1.21 bits per heavy atom. The Morgan fingerprint density at radius 3 is 2.71 bits per heavy atom. The number of hydrogen-bond acceptors (Lipinski definition) is 7. The van der Waals surface area contributed by atoms with E-state index in [-0.39, 0.29) is 0 Å². The van der Waals surface area contributed by atoms with Gasteiger partial charge in [-0.15, -0.1) is 11.3 Å². The van der Waals surface area contributed by atoms with Crippen LogP contribution >= 0.6 is 11.3 Å². The predicted molar refractivity (Wildman–Crippen MR) is 108 cm³/mol. The van der Waals surface area contributed by atoms with Crippen LogP contribution in [0.2, 0.25) is 0 Å². The summed E-state index contributed by atoms with van der Waals surface area (Å²) in [6.07, 6.45) is 2.23. The van der Waals surface area contributed by atoms with E-state index < -0.39 is 10.0 Å². The average Bonchev–Trinajstić information content (AvgIpc) is 3.23. The number of fused-ring (bicyclic) bond motifs is 1. The van der Waals surface area contributed by atoms with Crippen LogP contribution in [0.3, 0.4) is 0 Å². The number of ether oxygens (including phenoxy) is 1. The molecule has 1 aliphatic heterocycles. The normalized spacial score (nSPS) is 14.4. The lowest BCUT2D eigenvalue weighted by atomic mass is 10.1. The van der Waals surface area contributed by atoms with Crippen LogP contribution in [0.25, 0.3) is 17.5 Å². The molecule has 1 aliphatic rings. The maximum Gasteiger partial charge on any atom is 0.261 e. The van der Waals surface area contributed by atoms with Gasteiger partial charge in [-0.1, -0.05) is 35.0 Å². The number of aromatic nitrogens is 2. The standard InChI is InChI=1S/C19H19N3O4S2/c1-12-3-5-14(6-4-12)8-10-28(23,24)22-19-17(18-20-13(2)21-26-18)15-7-9-25-11-16(15)27-19/h3-6,8,10,22H,7,9,11H2,1-2H3/b10-8+. The van der Waals surface area contributed by atoms with Crippen LogP contribution < -0.4 is 4.72 Å². The molecule has 0 spiro atoms. The molecule has 1 N–H and O–H groups in total. The molecule has 0 aliphatic carbocycles. The number of aryl methyl sites for hydroxylation is 2. The number of anilines is 1. The summed E-state index contributed by atoms with van der Waals surface area (Å²) >= 11 is 1.34. The maximum absolute atomic E-state index is 12.7. The Morgan fingerprint density at radius 2 is 2.00 bits per heavy atom. The summed E-state index contributed by atoms with van der Waals surface area (Å²) < 4.78 is 38.8. The van der Waals surface area contributed by atoms with Crippen molar-refractivity contribution in [1.82, 2.24) is 10.1 Å². The molecule has 0 saturated carbocycles. The van der Waals surface area contributed by atoms with Gasteiger partial charge in [0.25, 0.3) is 15.9 Å². The first-order valence-electron chi connectivity index (χ1n) is 8.72. The third-order valence-electron chi connectivity index (χ3n) is 4.31. The Kier molecular flexibility index (Phi) is 5.05. The highest BCUT2D eigenvalue weighted by Gasteiger charge is 2.27. The van der Waals surface area contributed by atoms with Crippen molar-refractivity contribution in [3.63, 3.8) is 0 Å². The third kappa shape index (κ3) is 4.01. The van der Waals surface area contributed by atoms with Crippen LogP contribution in [0.4, 0.5) is 5.00 Å². The minimum absolute atomic E-state index is 0.317. The molecule has 146 valence electrons. The summed E-state index contributed by atoms with van der Waals surface area (Å²) in [5, 5.41) is 5.47. The van der Waals surface area contributed by atoms with Gasteiger partial charge in [0.05, 0.1) is 24.2 Å². The molecule has 0 fully saturated rings. The zero-order valence-corrected chi connectivity index (χ0v) is 17.1. The van der Waals surface area contributed by atoms with Crippen molar-refractivity contribution >= 4 is 32.4 Å². The largest absolute Gasteiger partial charge is 0.376 e. The molecule has 3 heterocycles. The number of nitrogens with zero attached hydrogens (tertiary/aromatic N) is 2. The zero-order chi connectivity index (χ0) is 19.7. The minimum Gasteiger partial charge on any atom is -0.376 e. The predicted octanol–water partition coefficient (Wildman–Crippen LogP) is 3.90. The Bertz CT molecular complexity index is 1130. The molecule has 7 nitrogen and oxygen atoms in total. The molecule has 4 rings (SSSR count). The quantitative estimate of drug-likeness (QED) is 0.677. The molecular formula is C19H19N3O4S2. The lowest BCUT2D eigenvalue weighted by molar-refractivity contribution is 0.113. The van der Waals surface area contributed by atoms with Gasteiger partial charge in [-0.05, 0) is 37.5 Å². The molecule has 28 heavy (non-hydrogen) atoms. The van der Waals surface area contributed by atoms with E-state index in [4.69, 9.17) is 9.26 Å². The summed E-state index contributed by atoms with van der Waals surface area (Å²) in [6, 6.07) is 7.61. The Labute approximate surface area is 167 Å². The molecular weight excluding hydrogens is 398 g/mol. The van der Waals surface area contributed by atoms with Crippen LogP contribution in [0.15, 0.2) is 34.2 Å². The SMILES string of the molecule is Cc1ccc(/C=C/S(=O)(=O)Nc2sc3c(c2-c2nc(C)no2)CCOC3)cc1. The van der Waals surface area contributed by atoms with Gasteiger partial charge in [0.2, 0.25) is 0 Å². The molecule has 0 bridgehead atoms. The number of rotatable bonds is 5. The van der Waals surface area contributed by atoms with Gasteiger partial charge in [0.15, 0.2) is 5.82 Å². The van der Waals surface area contributed by atoms with E-state index in [1.807, 2.05) is 31.2 Å². The lowest BCUT2D eigenvalue weighted by Crippen LogP contribution is -2.09. The van der Waals surface area contributed by atoms with Crippen molar-refractivity contribution in [1.29, 1.82) is 0 Å². The monoisotopic (exact) mass is 417 g/mol. The second-order valence-electron chi connectivity index (χ2n) is 6.52. The number of thiophene rings is 1. The van der Waals surface area contributed by atoms with Crippen LogP contribution in [-0.2, 0) is 27.8 Å². The van der Waals surface area contributed by atoms with Gasteiger partial charge in [-0.25, -0.2) is 8.42 Å². The average molecular weight is 418 g/mol. The first-order valence-corrected chi connectivity index (χ1v) is 11.1. The first kappa shape index (κ1) is 18.9. The van der Waals surface area contributed by atoms with Crippen LogP contribution in [0.1, 0.15) is 27.4 Å². The van der Waals surface area contributed by atoms with Crippen molar-refractivity contribution in [2.75, 3.05) is 11.3 Å². The van der Waals surface area contributed by atoms with Gasteiger partial charge < -0.3 is 9.26 Å². The van der Waals surface area contributed by atoms with Crippen molar-refractivity contribution in [3.8, 4) is 11.5 Å². The topological polar surface area (TPSA) is 94.3 Å². The van der Waals surface area contributed by atoms with Crippen LogP contribution in [0.5, 0.6) is 0 Å². The summed E-state index contributed by atoms with van der Waals surface area (Å²) in [4.78, 5) is 5.26. The Balaban J connectivity index is 1.67. The molecule has 2 aromatic heterocycles. The van der Waals surface area contributed by atoms with Gasteiger partial charge in [0.1, 0.15) is 5.00 Å². The molecule has 0 atom stereocenters. The van der Waals surface area contributed by atoms with Crippen molar-refractivity contribution in [2.45, 2.75) is 26.9 Å². The summed E-state index contributed by atoms with van der Waals surface area (Å²) in [5.74, 6) is 0.812. The highest BCUT2D eigenvalue weighted by atomic mass is 32.2. The van der Waals surface area contributed by atoms with E-state index in [9.17, 15) is 8.42 Å². The van der Waals surface area contributed by atoms with E-state index in [1.54, 1.807) is 13.0 Å². The van der Waals surface area contributed by atoms with Crippen LogP contribution in [0, 0.1) is 13.8 Å². The molecule has 0 radical (unpaired) electrons. The molecule has 0 amide bonds. The second-order valence-corrected chi connectivity index (χ2v) is 9.19. The molecule has 0 saturated heterocycles. The lowest BCUT2D eigenvalue weighted by Gasteiger charge is -2.12. The second kappa shape index (κ2) is 7.50. The number of sulfonamides is 1. The van der Waals surface area contributed by atoms with E-state index >= 15 is 0 Å². The van der Waals surface area contributed by atoms with Crippen molar-refractivity contribution < 1.29 is 17.7 Å². The van der Waals surface area contributed by atoms with Crippen LogP contribution in [-0.4, -0.2) is 25.2 Å². The molecule has 0 unspecified atom stereocenters. The van der Waals surface area contributed by atoms with Gasteiger partial charge >= 0.3 is 0 Å². The van der Waals surface area contributed by atoms with Gasteiger partial charge in [0, 0.05) is 4.88 Å². The number of benzene rings is 1. The zero-order valence-electron chi connectivity index (χ0n) is 15.4. The summed E-state index contributed by atoms with van der Waals surface area (Å²) in [7, 11) is -3.72. The highest BCUT2D eigenvalue weighted by molar-refractivity contribution is 7.95. The van der Waals surface area contributed by atoms with E-state index in [0.29, 0.717) is 41.9 Å². The molecule has 9 heteroatoms. The van der Waals surface area contributed by atoms with Crippen molar-refractivity contribution in [3.05, 3.63) is 57.1 Å². The highest BCUT2D eigenvalue weighted by Crippen LogP contribution is 2.43. The Hall–Kier alpha value is -2.49. The number of nitrogens with one attached hydrogen (secondary N) is 1. The van der Waals surface area contributed by atoms with E-state index in [2.05, 4.69) is 14.9 Å². The summed E-state index contributed by atoms with van der Waals surface area (Å²) in [5.41, 5.74) is 3.57. The fourth-order valence-electron chi connectivity index (χ4n) is 2.94. The van der Waals surface area contributed by atoms with E-state index in [1.165, 1.54) is 11.3 Å².